The Balaban J connectivity index is 1.31. The van der Waals surface area contributed by atoms with Gasteiger partial charge in [0.15, 0.2) is 9.84 Å². The maximum Gasteiger partial charge on any atom is 0.261 e. The Hall–Kier alpha value is -4.93. The summed E-state index contributed by atoms with van der Waals surface area (Å²) in [6, 6.07) is 42.0. The zero-order chi connectivity index (χ0) is 35.4. The van der Waals surface area contributed by atoms with E-state index in [-0.39, 0.29) is 42.4 Å². The maximum atomic E-state index is 15.2. The molecule has 1 aliphatic carbocycles. The van der Waals surface area contributed by atoms with E-state index in [1.54, 1.807) is 48.5 Å². The van der Waals surface area contributed by atoms with E-state index < -0.39 is 51.1 Å². The van der Waals surface area contributed by atoms with Crippen molar-refractivity contribution in [1.82, 2.24) is 4.90 Å². The van der Waals surface area contributed by atoms with Crippen molar-refractivity contribution in [2.75, 3.05) is 13.2 Å². The third-order valence-electron chi connectivity index (χ3n) is 9.75. The number of benzene rings is 5. The highest BCUT2D eigenvalue weighted by Crippen LogP contribution is 2.58. The third-order valence-corrected chi connectivity index (χ3v) is 12.3. The summed E-state index contributed by atoms with van der Waals surface area (Å²) in [5.74, 6) is -1.89. The van der Waals surface area contributed by atoms with Gasteiger partial charge in [0.05, 0.1) is 61.2 Å². The Labute approximate surface area is 298 Å². The summed E-state index contributed by atoms with van der Waals surface area (Å²) >= 11 is 0. The van der Waals surface area contributed by atoms with Crippen LogP contribution in [-0.2, 0) is 43.9 Å². The average molecular weight is 702 g/mol. The molecule has 5 aromatic rings. The molecule has 0 bridgehead atoms. The van der Waals surface area contributed by atoms with Gasteiger partial charge in [-0.1, -0.05) is 121 Å². The van der Waals surface area contributed by atoms with Gasteiger partial charge in [-0.05, 0) is 47.9 Å². The number of rotatable bonds is 15. The van der Waals surface area contributed by atoms with Crippen LogP contribution >= 0.6 is 0 Å². The van der Waals surface area contributed by atoms with Crippen LogP contribution in [0.25, 0.3) is 0 Å². The van der Waals surface area contributed by atoms with Gasteiger partial charge >= 0.3 is 0 Å². The quantitative estimate of drug-likeness (QED) is 0.111. The van der Waals surface area contributed by atoms with Gasteiger partial charge in [0, 0.05) is 5.92 Å². The second-order valence-electron chi connectivity index (χ2n) is 13.1. The summed E-state index contributed by atoms with van der Waals surface area (Å²) in [4.78, 5) is 28.8. The molecule has 0 unspecified atom stereocenters. The number of carbonyl (C=O) groups excluding carboxylic acids is 2. The highest BCUT2D eigenvalue weighted by Gasteiger charge is 2.77. The van der Waals surface area contributed by atoms with Crippen molar-refractivity contribution >= 4 is 21.7 Å². The highest BCUT2D eigenvalue weighted by molar-refractivity contribution is 7.93. The number of carbonyl (C=O) groups is 2. The third kappa shape index (κ3) is 6.90. The lowest BCUT2D eigenvalue weighted by molar-refractivity contribution is -0.0522. The Morgan fingerprint density at radius 1 is 0.647 bits per heavy atom. The summed E-state index contributed by atoms with van der Waals surface area (Å²) in [5.41, 5.74) is 4.09. The number of hydrogen-bond donors (Lipinski definition) is 0. The molecule has 4 atom stereocenters. The molecule has 1 aliphatic heterocycles. The van der Waals surface area contributed by atoms with Crippen molar-refractivity contribution in [2.45, 2.75) is 48.6 Å². The molecular weight excluding hydrogens is 663 g/mol. The van der Waals surface area contributed by atoms with Crippen LogP contribution in [0.3, 0.4) is 0 Å². The Kier molecular flexibility index (Phi) is 9.97. The van der Waals surface area contributed by atoms with Gasteiger partial charge < -0.3 is 14.2 Å². The SMILES string of the molecule is Cc1ccc(S(=O)(=O)[C@]2(CN3C(=O)c4ccccc4C3=O)[C@@H]([C@H](COCc3ccccc3)OCc3ccccc3)[C@H]2OCc2ccccc2)cc1. The number of ether oxygens (including phenoxy) is 3. The summed E-state index contributed by atoms with van der Waals surface area (Å²) in [7, 11) is -4.28. The van der Waals surface area contributed by atoms with Gasteiger partial charge in [0.25, 0.3) is 11.8 Å². The number of imide groups is 1. The molecule has 7 rings (SSSR count). The predicted molar refractivity (Wildman–Crippen MR) is 193 cm³/mol. The first-order valence-electron chi connectivity index (χ1n) is 17.0. The summed E-state index contributed by atoms with van der Waals surface area (Å²) in [6.07, 6.45) is -1.74. The van der Waals surface area contributed by atoms with Gasteiger partial charge in [0.2, 0.25) is 0 Å². The molecule has 2 aliphatic rings. The molecule has 260 valence electrons. The molecule has 5 aromatic carbocycles. The van der Waals surface area contributed by atoms with Crippen LogP contribution in [-0.4, -0.2) is 55.2 Å². The smallest absolute Gasteiger partial charge is 0.261 e. The normalized spacial score (nSPS) is 20.3. The van der Waals surface area contributed by atoms with Gasteiger partial charge in [-0.3, -0.25) is 14.5 Å². The molecule has 0 saturated heterocycles. The number of hydrogen-bond acceptors (Lipinski definition) is 7. The molecule has 1 heterocycles. The average Bonchev–Trinajstić information content (AvgIpc) is 3.76. The second kappa shape index (κ2) is 14.7. The van der Waals surface area contributed by atoms with E-state index in [0.717, 1.165) is 27.2 Å². The topological polar surface area (TPSA) is 99.2 Å². The minimum absolute atomic E-state index is 0.0465. The lowest BCUT2D eigenvalue weighted by Crippen LogP contribution is -2.46. The summed E-state index contributed by atoms with van der Waals surface area (Å²) in [5, 5.41) is 0. The van der Waals surface area contributed by atoms with E-state index in [2.05, 4.69) is 0 Å². The zero-order valence-corrected chi connectivity index (χ0v) is 29.1. The van der Waals surface area contributed by atoms with Crippen molar-refractivity contribution in [3.8, 4) is 0 Å². The molecule has 9 heteroatoms. The number of sulfone groups is 1. The lowest BCUT2D eigenvalue weighted by Gasteiger charge is -2.26. The largest absolute Gasteiger partial charge is 0.374 e. The Morgan fingerprint density at radius 2 is 1.14 bits per heavy atom. The highest BCUT2D eigenvalue weighted by atomic mass is 32.2. The molecule has 0 aromatic heterocycles. The van der Waals surface area contributed by atoms with Crippen LogP contribution < -0.4 is 0 Å². The lowest BCUT2D eigenvalue weighted by atomic mass is 10.1. The number of amides is 2. The number of nitrogens with zero attached hydrogens (tertiary/aromatic N) is 1. The number of fused-ring (bicyclic) bond motifs is 1. The minimum atomic E-state index is -4.28. The van der Waals surface area contributed by atoms with Crippen LogP contribution in [0.5, 0.6) is 0 Å². The van der Waals surface area contributed by atoms with Crippen molar-refractivity contribution < 1.29 is 32.2 Å². The van der Waals surface area contributed by atoms with Crippen LogP contribution in [0.1, 0.15) is 43.0 Å². The van der Waals surface area contributed by atoms with Crippen molar-refractivity contribution in [3.63, 3.8) is 0 Å². The van der Waals surface area contributed by atoms with Crippen molar-refractivity contribution in [1.29, 1.82) is 0 Å². The first kappa shape index (κ1) is 34.5. The van der Waals surface area contributed by atoms with Crippen molar-refractivity contribution in [2.24, 2.45) is 5.92 Å². The molecule has 8 nitrogen and oxygen atoms in total. The van der Waals surface area contributed by atoms with Crippen LogP contribution in [0.2, 0.25) is 0 Å². The molecule has 1 fully saturated rings. The van der Waals surface area contributed by atoms with Gasteiger partial charge in [0.1, 0.15) is 4.75 Å². The summed E-state index contributed by atoms with van der Waals surface area (Å²) < 4.78 is 48.1. The van der Waals surface area contributed by atoms with Crippen LogP contribution in [0.15, 0.2) is 144 Å². The van der Waals surface area contributed by atoms with E-state index in [9.17, 15) is 9.59 Å². The first-order valence-corrected chi connectivity index (χ1v) is 18.5. The van der Waals surface area contributed by atoms with Gasteiger partial charge in [-0.25, -0.2) is 8.42 Å². The molecule has 0 radical (unpaired) electrons. The van der Waals surface area contributed by atoms with E-state index in [1.807, 2.05) is 97.9 Å². The standard InChI is InChI=1S/C42H39NO7S/c1-30-21-23-34(24-22-30)51(46,47)42(29-43-40(44)35-19-11-12-20-36(35)41(43)45)38(39(42)50-27-33-17-9-4-10-18-33)37(49-26-32-15-7-3-8-16-32)28-48-25-31-13-5-2-6-14-31/h2-24,37-39H,25-29H2,1H3/t37-,38-,39+,42+/m0/s1. The number of aryl methyl sites for hydroxylation is 1. The van der Waals surface area contributed by atoms with Crippen molar-refractivity contribution in [3.05, 3.63) is 173 Å². The predicted octanol–water partition coefficient (Wildman–Crippen LogP) is 6.82. The minimum Gasteiger partial charge on any atom is -0.374 e. The Morgan fingerprint density at radius 3 is 1.69 bits per heavy atom. The molecule has 51 heavy (non-hydrogen) atoms. The molecule has 0 spiro atoms. The molecule has 0 N–H and O–H groups in total. The fourth-order valence-corrected chi connectivity index (χ4v) is 9.32. The molecule has 1 saturated carbocycles. The fourth-order valence-electron chi connectivity index (χ4n) is 7.00. The zero-order valence-electron chi connectivity index (χ0n) is 28.3. The van der Waals surface area contributed by atoms with E-state index in [4.69, 9.17) is 14.2 Å². The van der Waals surface area contributed by atoms with Gasteiger partial charge in [-0.15, -0.1) is 0 Å². The molecule has 2 amide bonds. The van der Waals surface area contributed by atoms with Gasteiger partial charge in [-0.2, -0.15) is 0 Å². The maximum absolute atomic E-state index is 15.2. The second-order valence-corrected chi connectivity index (χ2v) is 15.3. The van der Waals surface area contributed by atoms with E-state index in [1.165, 1.54) is 0 Å². The van der Waals surface area contributed by atoms with Crippen LogP contribution in [0, 0.1) is 12.8 Å². The van der Waals surface area contributed by atoms with Crippen LogP contribution in [0.4, 0.5) is 0 Å². The van der Waals surface area contributed by atoms with E-state index >= 15 is 8.42 Å². The first-order chi connectivity index (χ1) is 24.8. The van der Waals surface area contributed by atoms with E-state index in [0.29, 0.717) is 0 Å². The fraction of sp³-hybridized carbons (Fsp3) is 0.238. The monoisotopic (exact) mass is 701 g/mol. The molecular formula is C42H39NO7S. The summed E-state index contributed by atoms with van der Waals surface area (Å²) in [6.45, 7) is 2.11. The Bertz CT molecular complexity index is 2060.